The van der Waals surface area contributed by atoms with E-state index in [4.69, 9.17) is 5.73 Å². The maximum Gasteiger partial charge on any atom is 0.224 e. The van der Waals surface area contributed by atoms with Crippen LogP contribution >= 0.6 is 11.3 Å². The van der Waals surface area contributed by atoms with Crippen molar-refractivity contribution >= 4 is 17.2 Å². The molecule has 0 fully saturated rings. The van der Waals surface area contributed by atoms with Gasteiger partial charge in [0, 0.05) is 23.0 Å². The Kier molecular flexibility index (Phi) is 4.23. The lowest BCUT2D eigenvalue weighted by molar-refractivity contribution is -0.125. The normalized spacial score (nSPS) is 14.7. The number of hydrogen-bond donors (Lipinski definition) is 2. The largest absolute Gasteiger partial charge is 0.349 e. The molecule has 1 aromatic heterocycles. The zero-order chi connectivity index (χ0) is 11.4. The van der Waals surface area contributed by atoms with Crippen LogP contribution in [0.2, 0.25) is 0 Å². The maximum absolute atomic E-state index is 11.6. The van der Waals surface area contributed by atoms with Crippen LogP contribution in [0.25, 0.3) is 0 Å². The lowest BCUT2D eigenvalue weighted by Crippen LogP contribution is -2.38. The first-order chi connectivity index (χ1) is 7.00. The highest BCUT2D eigenvalue weighted by molar-refractivity contribution is 7.11. The van der Waals surface area contributed by atoms with Gasteiger partial charge in [-0.3, -0.25) is 4.79 Å². The fourth-order valence-electron chi connectivity index (χ4n) is 1.05. The van der Waals surface area contributed by atoms with Crippen molar-refractivity contribution < 1.29 is 4.79 Å². The number of rotatable bonds is 4. The van der Waals surface area contributed by atoms with Gasteiger partial charge in [-0.25, -0.2) is 4.98 Å². The molecular weight excluding hydrogens is 210 g/mol. The van der Waals surface area contributed by atoms with Gasteiger partial charge in [0.1, 0.15) is 5.01 Å². The molecule has 0 bridgehead atoms. The summed E-state index contributed by atoms with van der Waals surface area (Å²) in [5.41, 5.74) is 5.64. The molecule has 0 saturated heterocycles. The van der Waals surface area contributed by atoms with Crippen molar-refractivity contribution in [2.45, 2.75) is 33.4 Å². The monoisotopic (exact) mass is 227 g/mol. The van der Waals surface area contributed by atoms with Gasteiger partial charge in [0.15, 0.2) is 0 Å². The van der Waals surface area contributed by atoms with Gasteiger partial charge in [0.25, 0.3) is 0 Å². The first-order valence-corrected chi connectivity index (χ1v) is 5.77. The summed E-state index contributed by atoms with van der Waals surface area (Å²) in [7, 11) is 0. The van der Waals surface area contributed by atoms with Crippen LogP contribution in [-0.4, -0.2) is 16.9 Å². The van der Waals surface area contributed by atoms with Crippen LogP contribution in [0.5, 0.6) is 0 Å². The summed E-state index contributed by atoms with van der Waals surface area (Å²) in [6.07, 6.45) is 1.81. The topological polar surface area (TPSA) is 68.0 Å². The molecule has 84 valence electrons. The number of aryl methyl sites for hydroxylation is 1. The maximum atomic E-state index is 11.6. The van der Waals surface area contributed by atoms with E-state index >= 15 is 0 Å². The first kappa shape index (κ1) is 12.1. The van der Waals surface area contributed by atoms with Crippen molar-refractivity contribution in [3.8, 4) is 0 Å². The molecule has 1 rings (SSSR count). The summed E-state index contributed by atoms with van der Waals surface area (Å²) in [5, 5.41) is 3.75. The van der Waals surface area contributed by atoms with Crippen molar-refractivity contribution in [2.75, 3.05) is 0 Å². The van der Waals surface area contributed by atoms with E-state index in [0.29, 0.717) is 6.54 Å². The van der Waals surface area contributed by atoms with Gasteiger partial charge in [-0.2, -0.15) is 0 Å². The first-order valence-electron chi connectivity index (χ1n) is 4.95. The molecule has 1 amide bonds. The van der Waals surface area contributed by atoms with Crippen LogP contribution in [0.1, 0.15) is 23.7 Å². The van der Waals surface area contributed by atoms with Crippen molar-refractivity contribution in [1.82, 2.24) is 10.3 Å². The van der Waals surface area contributed by atoms with Gasteiger partial charge in [0.2, 0.25) is 5.91 Å². The lowest BCUT2D eigenvalue weighted by atomic mass is 10.0. The Morgan fingerprint density at radius 1 is 1.67 bits per heavy atom. The van der Waals surface area contributed by atoms with Crippen molar-refractivity contribution in [2.24, 2.45) is 11.7 Å². The van der Waals surface area contributed by atoms with Gasteiger partial charge < -0.3 is 11.1 Å². The molecule has 0 aliphatic rings. The third-order valence-corrected chi connectivity index (χ3v) is 3.20. The minimum Gasteiger partial charge on any atom is -0.349 e. The summed E-state index contributed by atoms with van der Waals surface area (Å²) < 4.78 is 0. The average molecular weight is 227 g/mol. The van der Waals surface area contributed by atoms with Crippen molar-refractivity contribution in [3.05, 3.63) is 16.1 Å². The Bertz CT molecular complexity index is 335. The number of nitrogens with zero attached hydrogens (tertiary/aromatic N) is 1. The lowest BCUT2D eigenvalue weighted by Gasteiger charge is -2.14. The highest BCUT2D eigenvalue weighted by atomic mass is 32.1. The number of aromatic nitrogens is 1. The van der Waals surface area contributed by atoms with Crippen LogP contribution in [0.4, 0.5) is 0 Å². The Labute approximate surface area is 93.9 Å². The van der Waals surface area contributed by atoms with Gasteiger partial charge in [-0.05, 0) is 13.8 Å². The van der Waals surface area contributed by atoms with E-state index < -0.39 is 0 Å². The molecule has 0 aromatic carbocycles. The predicted molar refractivity (Wildman–Crippen MR) is 61.5 cm³/mol. The third kappa shape index (κ3) is 3.60. The molecule has 2 unspecified atom stereocenters. The molecule has 0 radical (unpaired) electrons. The zero-order valence-corrected chi connectivity index (χ0v) is 10.1. The van der Waals surface area contributed by atoms with Gasteiger partial charge >= 0.3 is 0 Å². The zero-order valence-electron chi connectivity index (χ0n) is 9.28. The number of thiazole rings is 1. The highest BCUT2D eigenvalue weighted by Crippen LogP contribution is 2.10. The molecule has 0 aliphatic heterocycles. The second kappa shape index (κ2) is 5.23. The molecule has 1 heterocycles. The molecule has 4 nitrogen and oxygen atoms in total. The molecule has 0 saturated carbocycles. The van der Waals surface area contributed by atoms with Crippen LogP contribution in [-0.2, 0) is 11.3 Å². The summed E-state index contributed by atoms with van der Waals surface area (Å²) >= 11 is 1.59. The number of carbonyl (C=O) groups is 1. The summed E-state index contributed by atoms with van der Waals surface area (Å²) in [6, 6.07) is -0.122. The van der Waals surface area contributed by atoms with E-state index in [-0.39, 0.29) is 17.9 Å². The second-order valence-corrected chi connectivity index (χ2v) is 5.05. The molecular formula is C10H17N3OS. The van der Waals surface area contributed by atoms with Crippen LogP contribution < -0.4 is 11.1 Å². The molecule has 3 N–H and O–H groups in total. The Morgan fingerprint density at radius 2 is 2.33 bits per heavy atom. The van der Waals surface area contributed by atoms with Gasteiger partial charge in [0.05, 0.1) is 6.54 Å². The molecule has 2 atom stereocenters. The number of carbonyl (C=O) groups excluding carboxylic acids is 1. The molecule has 5 heteroatoms. The van der Waals surface area contributed by atoms with Crippen LogP contribution in [0.15, 0.2) is 6.20 Å². The van der Waals surface area contributed by atoms with Crippen molar-refractivity contribution in [3.63, 3.8) is 0 Å². The Morgan fingerprint density at radius 3 is 2.80 bits per heavy atom. The Balaban J connectivity index is 2.40. The predicted octanol–water partition coefficient (Wildman–Crippen LogP) is 1.05. The standard InChI is InChI=1S/C10H17N3OS/c1-6-4-12-9(15-6)5-13-10(14)7(2)8(3)11/h4,7-8H,5,11H2,1-3H3,(H,13,14). The van der Waals surface area contributed by atoms with E-state index in [1.54, 1.807) is 17.5 Å². The quantitative estimate of drug-likeness (QED) is 0.808. The minimum absolute atomic E-state index is 0.0159. The fourth-order valence-corrected chi connectivity index (χ4v) is 1.77. The second-order valence-electron chi connectivity index (χ2n) is 3.73. The summed E-state index contributed by atoms with van der Waals surface area (Å²) in [6.45, 7) is 6.15. The summed E-state index contributed by atoms with van der Waals surface area (Å²) in [5.74, 6) is -0.177. The van der Waals surface area contributed by atoms with E-state index in [1.807, 2.05) is 20.8 Å². The molecule has 15 heavy (non-hydrogen) atoms. The summed E-state index contributed by atoms with van der Waals surface area (Å²) in [4.78, 5) is 16.9. The van der Waals surface area contributed by atoms with Crippen LogP contribution in [0.3, 0.4) is 0 Å². The van der Waals surface area contributed by atoms with E-state index in [9.17, 15) is 4.79 Å². The molecule has 0 spiro atoms. The minimum atomic E-state index is -0.161. The highest BCUT2D eigenvalue weighted by Gasteiger charge is 2.16. The average Bonchev–Trinajstić information content (AvgIpc) is 2.59. The van der Waals surface area contributed by atoms with E-state index in [0.717, 1.165) is 9.88 Å². The van der Waals surface area contributed by atoms with Gasteiger partial charge in [-0.1, -0.05) is 6.92 Å². The molecule has 0 aliphatic carbocycles. The van der Waals surface area contributed by atoms with E-state index in [1.165, 1.54) is 0 Å². The SMILES string of the molecule is Cc1cnc(CNC(=O)C(C)C(C)N)s1. The van der Waals surface area contributed by atoms with Gasteiger partial charge in [-0.15, -0.1) is 11.3 Å². The number of amides is 1. The number of nitrogens with one attached hydrogen (secondary N) is 1. The fraction of sp³-hybridized carbons (Fsp3) is 0.600. The number of nitrogens with two attached hydrogens (primary N) is 1. The van der Waals surface area contributed by atoms with Crippen LogP contribution in [0, 0.1) is 12.8 Å². The molecule has 1 aromatic rings. The third-order valence-electron chi connectivity index (χ3n) is 2.29. The number of hydrogen-bond acceptors (Lipinski definition) is 4. The van der Waals surface area contributed by atoms with E-state index in [2.05, 4.69) is 10.3 Å². The smallest absolute Gasteiger partial charge is 0.224 e. The van der Waals surface area contributed by atoms with Crippen molar-refractivity contribution in [1.29, 1.82) is 0 Å². The Hall–Kier alpha value is -0.940.